The lowest BCUT2D eigenvalue weighted by atomic mass is 9.86. The maximum atomic E-state index is 11.8. The molecule has 1 aromatic carbocycles. The van der Waals surface area contributed by atoms with Gasteiger partial charge in [-0.15, -0.1) is 0 Å². The number of ether oxygens (including phenoxy) is 2. The van der Waals surface area contributed by atoms with Crippen LogP contribution in [0.15, 0.2) is 18.2 Å². The Balaban J connectivity index is 3.16. The van der Waals surface area contributed by atoms with Crippen LogP contribution in [0, 0.1) is 0 Å². The minimum atomic E-state index is -0.332. The van der Waals surface area contributed by atoms with Crippen LogP contribution in [0.1, 0.15) is 50.5 Å². The van der Waals surface area contributed by atoms with Gasteiger partial charge in [0.15, 0.2) is 0 Å². The van der Waals surface area contributed by atoms with Gasteiger partial charge in [0.1, 0.15) is 11.3 Å². The minimum absolute atomic E-state index is 0.0268. The summed E-state index contributed by atoms with van der Waals surface area (Å²) in [6.07, 6.45) is 0. The Morgan fingerprint density at radius 1 is 1.17 bits per heavy atom. The fourth-order valence-corrected chi connectivity index (χ4v) is 1.64. The van der Waals surface area contributed by atoms with Gasteiger partial charge in [-0.3, -0.25) is 0 Å². The van der Waals surface area contributed by atoms with Crippen molar-refractivity contribution in [3.8, 4) is 5.75 Å². The molecule has 18 heavy (non-hydrogen) atoms. The summed E-state index contributed by atoms with van der Waals surface area (Å²) in [5.41, 5.74) is 1.66. The van der Waals surface area contributed by atoms with Crippen LogP contribution < -0.4 is 4.74 Å². The van der Waals surface area contributed by atoms with E-state index >= 15 is 0 Å². The molecule has 100 valence electrons. The zero-order valence-electron chi connectivity index (χ0n) is 11.9. The summed E-state index contributed by atoms with van der Waals surface area (Å²) < 4.78 is 10.6. The molecule has 0 amide bonds. The lowest BCUT2D eigenvalue weighted by molar-refractivity contribution is 0.0522. The van der Waals surface area contributed by atoms with Crippen LogP contribution in [0.25, 0.3) is 0 Å². The van der Waals surface area contributed by atoms with Gasteiger partial charge in [0.05, 0.1) is 13.2 Å². The van der Waals surface area contributed by atoms with Crippen LogP contribution in [-0.2, 0) is 10.2 Å². The second-order valence-electron chi connectivity index (χ2n) is 5.11. The molecule has 0 spiro atoms. The molecule has 0 saturated carbocycles. The molecule has 0 aliphatic heterocycles. The maximum absolute atomic E-state index is 11.8. The molecular formula is C15H22O3. The SMILES string of the molecule is CCOC(=O)c1ccc(C(C)(C)C)cc1OCC. The number of carbonyl (C=O) groups is 1. The first-order valence-corrected chi connectivity index (χ1v) is 6.34. The Labute approximate surface area is 109 Å². The van der Waals surface area contributed by atoms with E-state index in [1.54, 1.807) is 13.0 Å². The molecular weight excluding hydrogens is 228 g/mol. The van der Waals surface area contributed by atoms with E-state index in [-0.39, 0.29) is 11.4 Å². The molecule has 0 saturated heterocycles. The number of esters is 1. The Morgan fingerprint density at radius 2 is 1.83 bits per heavy atom. The van der Waals surface area contributed by atoms with Crippen molar-refractivity contribution >= 4 is 5.97 Å². The Kier molecular flexibility index (Phi) is 4.76. The van der Waals surface area contributed by atoms with Crippen molar-refractivity contribution in [1.82, 2.24) is 0 Å². The van der Waals surface area contributed by atoms with E-state index in [0.717, 1.165) is 5.56 Å². The molecule has 0 atom stereocenters. The molecule has 0 unspecified atom stereocenters. The van der Waals surface area contributed by atoms with Crippen LogP contribution in [0.5, 0.6) is 5.75 Å². The van der Waals surface area contributed by atoms with E-state index in [1.165, 1.54) is 0 Å². The van der Waals surface area contributed by atoms with Crippen LogP contribution in [0.2, 0.25) is 0 Å². The quantitative estimate of drug-likeness (QED) is 0.766. The molecule has 0 aliphatic rings. The van der Waals surface area contributed by atoms with E-state index < -0.39 is 0 Å². The molecule has 0 bridgehead atoms. The first-order chi connectivity index (χ1) is 8.40. The average molecular weight is 250 g/mol. The van der Waals surface area contributed by atoms with Crippen molar-refractivity contribution in [2.45, 2.75) is 40.0 Å². The van der Waals surface area contributed by atoms with Gasteiger partial charge in [0.2, 0.25) is 0 Å². The van der Waals surface area contributed by atoms with Crippen LogP contribution in [-0.4, -0.2) is 19.2 Å². The van der Waals surface area contributed by atoms with E-state index in [9.17, 15) is 4.79 Å². The largest absolute Gasteiger partial charge is 0.493 e. The standard InChI is InChI=1S/C15H22O3/c1-6-17-13-10-11(15(3,4)5)8-9-12(13)14(16)18-7-2/h8-10H,6-7H2,1-5H3. The minimum Gasteiger partial charge on any atom is -0.493 e. The lowest BCUT2D eigenvalue weighted by Gasteiger charge is -2.21. The van der Waals surface area contributed by atoms with Gasteiger partial charge in [-0.25, -0.2) is 4.79 Å². The van der Waals surface area contributed by atoms with Crippen molar-refractivity contribution in [3.05, 3.63) is 29.3 Å². The number of benzene rings is 1. The molecule has 3 nitrogen and oxygen atoms in total. The molecule has 0 aromatic heterocycles. The third kappa shape index (κ3) is 3.49. The molecule has 0 aliphatic carbocycles. The fraction of sp³-hybridized carbons (Fsp3) is 0.533. The molecule has 1 aromatic rings. The van der Waals surface area contributed by atoms with E-state index in [0.29, 0.717) is 24.5 Å². The van der Waals surface area contributed by atoms with Gasteiger partial charge in [-0.2, -0.15) is 0 Å². The number of hydrogen-bond donors (Lipinski definition) is 0. The molecule has 0 fully saturated rings. The lowest BCUT2D eigenvalue weighted by Crippen LogP contribution is -2.13. The average Bonchev–Trinajstić information content (AvgIpc) is 2.28. The monoisotopic (exact) mass is 250 g/mol. The summed E-state index contributed by atoms with van der Waals surface area (Å²) in [6, 6.07) is 5.66. The zero-order valence-corrected chi connectivity index (χ0v) is 11.9. The second-order valence-corrected chi connectivity index (χ2v) is 5.11. The van der Waals surface area contributed by atoms with Gasteiger partial charge in [-0.05, 0) is 37.0 Å². The summed E-state index contributed by atoms with van der Waals surface area (Å²) in [7, 11) is 0. The zero-order chi connectivity index (χ0) is 13.8. The van der Waals surface area contributed by atoms with Gasteiger partial charge in [0.25, 0.3) is 0 Å². The topological polar surface area (TPSA) is 35.5 Å². The van der Waals surface area contributed by atoms with Gasteiger partial charge in [-0.1, -0.05) is 26.8 Å². The van der Waals surface area contributed by atoms with Gasteiger partial charge < -0.3 is 9.47 Å². The maximum Gasteiger partial charge on any atom is 0.341 e. The summed E-state index contributed by atoms with van der Waals surface area (Å²) in [4.78, 5) is 11.8. The summed E-state index contributed by atoms with van der Waals surface area (Å²) in [6.45, 7) is 11.0. The third-order valence-corrected chi connectivity index (χ3v) is 2.64. The summed E-state index contributed by atoms with van der Waals surface area (Å²) in [5.74, 6) is 0.268. The highest BCUT2D eigenvalue weighted by atomic mass is 16.5. The van der Waals surface area contributed by atoms with Crippen molar-refractivity contribution in [3.63, 3.8) is 0 Å². The number of hydrogen-bond acceptors (Lipinski definition) is 3. The summed E-state index contributed by atoms with van der Waals surface area (Å²) >= 11 is 0. The highest BCUT2D eigenvalue weighted by molar-refractivity contribution is 5.92. The van der Waals surface area contributed by atoms with Crippen molar-refractivity contribution in [2.24, 2.45) is 0 Å². The first-order valence-electron chi connectivity index (χ1n) is 6.34. The Hall–Kier alpha value is -1.51. The van der Waals surface area contributed by atoms with E-state index in [2.05, 4.69) is 20.8 Å². The normalized spacial score (nSPS) is 11.2. The number of rotatable bonds is 4. The third-order valence-electron chi connectivity index (χ3n) is 2.64. The molecule has 0 radical (unpaired) electrons. The number of carbonyl (C=O) groups excluding carboxylic acids is 1. The van der Waals surface area contributed by atoms with Crippen LogP contribution in [0.3, 0.4) is 0 Å². The van der Waals surface area contributed by atoms with Crippen LogP contribution >= 0.6 is 0 Å². The Morgan fingerprint density at radius 3 is 2.33 bits per heavy atom. The highest BCUT2D eigenvalue weighted by Crippen LogP contribution is 2.29. The van der Waals surface area contributed by atoms with E-state index in [4.69, 9.17) is 9.47 Å². The Bertz CT molecular complexity index is 416. The molecule has 1 rings (SSSR count). The smallest absolute Gasteiger partial charge is 0.341 e. The van der Waals surface area contributed by atoms with Crippen molar-refractivity contribution in [2.75, 3.05) is 13.2 Å². The van der Waals surface area contributed by atoms with Gasteiger partial charge in [0, 0.05) is 0 Å². The van der Waals surface area contributed by atoms with Crippen molar-refractivity contribution in [1.29, 1.82) is 0 Å². The predicted octanol–water partition coefficient (Wildman–Crippen LogP) is 3.56. The summed E-state index contributed by atoms with van der Waals surface area (Å²) in [5, 5.41) is 0. The molecule has 3 heteroatoms. The predicted molar refractivity (Wildman–Crippen MR) is 72.3 cm³/mol. The molecule has 0 heterocycles. The fourth-order valence-electron chi connectivity index (χ4n) is 1.64. The van der Waals surface area contributed by atoms with Gasteiger partial charge >= 0.3 is 5.97 Å². The molecule has 0 N–H and O–H groups in total. The van der Waals surface area contributed by atoms with E-state index in [1.807, 2.05) is 19.1 Å². The van der Waals surface area contributed by atoms with Crippen molar-refractivity contribution < 1.29 is 14.3 Å². The highest BCUT2D eigenvalue weighted by Gasteiger charge is 2.19. The second kappa shape index (κ2) is 5.89. The van der Waals surface area contributed by atoms with Crippen LogP contribution in [0.4, 0.5) is 0 Å². The first kappa shape index (κ1) is 14.6.